The van der Waals surface area contributed by atoms with Crippen LogP contribution in [0.1, 0.15) is 42.9 Å². The van der Waals surface area contributed by atoms with Crippen LogP contribution in [0.25, 0.3) is 0 Å². The molecular weight excluding hydrogens is 280 g/mol. The van der Waals surface area contributed by atoms with Crippen LogP contribution < -0.4 is 10.6 Å². The second kappa shape index (κ2) is 6.41. The Morgan fingerprint density at radius 2 is 2.14 bits per heavy atom. The fourth-order valence-corrected chi connectivity index (χ4v) is 4.47. The van der Waals surface area contributed by atoms with Crippen molar-refractivity contribution in [3.8, 4) is 0 Å². The van der Waals surface area contributed by atoms with Gasteiger partial charge in [0.15, 0.2) is 0 Å². The minimum absolute atomic E-state index is 0.127. The van der Waals surface area contributed by atoms with Crippen LogP contribution in [0, 0.1) is 0 Å². The third kappa shape index (κ3) is 3.11. The van der Waals surface area contributed by atoms with E-state index >= 15 is 0 Å². The number of thioether (sulfide) groups is 1. The van der Waals surface area contributed by atoms with Gasteiger partial charge in [0, 0.05) is 17.8 Å². The normalized spacial score (nSPS) is 23.6. The van der Waals surface area contributed by atoms with Gasteiger partial charge in [-0.15, -0.1) is 0 Å². The molecule has 114 valence electrons. The molecule has 1 unspecified atom stereocenters. The van der Waals surface area contributed by atoms with Gasteiger partial charge >= 0.3 is 0 Å². The zero-order chi connectivity index (χ0) is 14.7. The van der Waals surface area contributed by atoms with Gasteiger partial charge in [0.25, 0.3) is 0 Å². The third-order valence-corrected chi connectivity index (χ3v) is 6.32. The van der Waals surface area contributed by atoms with Crippen molar-refractivity contribution in [2.24, 2.45) is 0 Å². The molecule has 1 saturated carbocycles. The van der Waals surface area contributed by atoms with E-state index < -0.39 is 0 Å². The van der Waals surface area contributed by atoms with E-state index in [0.717, 1.165) is 25.1 Å². The number of carbonyl (C=O) groups excluding carboxylic acids is 1. The summed E-state index contributed by atoms with van der Waals surface area (Å²) >= 11 is 1.92. The van der Waals surface area contributed by atoms with E-state index in [9.17, 15) is 4.79 Å². The molecule has 0 saturated heterocycles. The Morgan fingerprint density at radius 3 is 2.90 bits per heavy atom. The molecule has 3 nitrogen and oxygen atoms in total. The smallest absolute Gasteiger partial charge is 0.241 e. The molecule has 2 aliphatic rings. The first kappa shape index (κ1) is 14.9. The molecule has 1 aliphatic carbocycles. The summed E-state index contributed by atoms with van der Waals surface area (Å²) in [7, 11) is 0. The standard InChI is InChI=1S/C17H24N2OS/c1-21-17(9-4-5-10-17)12-19-16(20)15-14-7-3-2-6-13(14)8-11-18-15/h2-3,6-7,15,18H,4-5,8-12H2,1H3,(H,19,20). The Morgan fingerprint density at radius 1 is 1.38 bits per heavy atom. The average Bonchev–Trinajstić information content (AvgIpc) is 3.01. The van der Waals surface area contributed by atoms with Gasteiger partial charge in [-0.05, 0) is 36.6 Å². The van der Waals surface area contributed by atoms with Crippen molar-refractivity contribution in [3.05, 3.63) is 35.4 Å². The monoisotopic (exact) mass is 304 g/mol. The number of carbonyl (C=O) groups is 1. The van der Waals surface area contributed by atoms with Gasteiger partial charge in [-0.3, -0.25) is 4.79 Å². The fourth-order valence-electron chi connectivity index (χ4n) is 3.56. The fraction of sp³-hybridized carbons (Fsp3) is 0.588. The van der Waals surface area contributed by atoms with Crippen LogP contribution in [0.3, 0.4) is 0 Å². The second-order valence-corrected chi connectivity index (χ2v) is 7.42. The van der Waals surface area contributed by atoms with Crippen molar-refractivity contribution in [3.63, 3.8) is 0 Å². The minimum Gasteiger partial charge on any atom is -0.353 e. The van der Waals surface area contributed by atoms with Gasteiger partial charge in [-0.25, -0.2) is 0 Å². The van der Waals surface area contributed by atoms with Crippen molar-refractivity contribution in [1.29, 1.82) is 0 Å². The molecule has 1 aromatic carbocycles. The molecule has 21 heavy (non-hydrogen) atoms. The lowest BCUT2D eigenvalue weighted by atomic mass is 9.94. The highest BCUT2D eigenvalue weighted by Crippen LogP contribution is 2.39. The minimum atomic E-state index is -0.185. The zero-order valence-electron chi connectivity index (χ0n) is 12.7. The Balaban J connectivity index is 1.66. The van der Waals surface area contributed by atoms with E-state index in [4.69, 9.17) is 0 Å². The van der Waals surface area contributed by atoms with E-state index in [1.807, 2.05) is 17.8 Å². The van der Waals surface area contributed by atoms with Crippen LogP contribution in [0.4, 0.5) is 0 Å². The second-order valence-electron chi connectivity index (χ2n) is 6.15. The summed E-state index contributed by atoms with van der Waals surface area (Å²) in [6, 6.07) is 8.10. The quantitative estimate of drug-likeness (QED) is 0.898. The van der Waals surface area contributed by atoms with Crippen LogP contribution in [0.5, 0.6) is 0 Å². The van der Waals surface area contributed by atoms with Crippen LogP contribution in [-0.2, 0) is 11.2 Å². The summed E-state index contributed by atoms with van der Waals surface area (Å²) in [5.74, 6) is 0.127. The molecule has 0 spiro atoms. The molecule has 4 heteroatoms. The van der Waals surface area contributed by atoms with Crippen LogP contribution in [-0.4, -0.2) is 30.0 Å². The molecule has 0 aromatic heterocycles. The number of hydrogen-bond donors (Lipinski definition) is 2. The van der Waals surface area contributed by atoms with Crippen molar-refractivity contribution in [2.45, 2.75) is 42.9 Å². The Labute approximate surface area is 131 Å². The number of benzene rings is 1. The lowest BCUT2D eigenvalue weighted by Gasteiger charge is -2.30. The maximum atomic E-state index is 12.6. The molecule has 1 amide bonds. The SMILES string of the molecule is CSC1(CNC(=O)C2NCCc3ccccc32)CCCC1. The molecule has 1 aliphatic heterocycles. The number of fused-ring (bicyclic) bond motifs is 1. The summed E-state index contributed by atoms with van der Waals surface area (Å²) < 4.78 is 0.268. The molecule has 2 N–H and O–H groups in total. The molecule has 1 aromatic rings. The Bertz CT molecular complexity index is 511. The molecule has 1 heterocycles. The summed E-state index contributed by atoms with van der Waals surface area (Å²) in [6.45, 7) is 1.68. The van der Waals surface area contributed by atoms with Gasteiger partial charge in [-0.2, -0.15) is 11.8 Å². The number of amides is 1. The van der Waals surface area contributed by atoms with E-state index in [-0.39, 0.29) is 16.7 Å². The Kier molecular flexibility index (Phi) is 4.55. The van der Waals surface area contributed by atoms with Gasteiger partial charge in [0.2, 0.25) is 5.91 Å². The average molecular weight is 304 g/mol. The molecule has 3 rings (SSSR count). The topological polar surface area (TPSA) is 41.1 Å². The summed E-state index contributed by atoms with van der Waals surface area (Å²) in [5, 5.41) is 6.57. The van der Waals surface area contributed by atoms with E-state index in [2.05, 4.69) is 35.1 Å². The number of rotatable bonds is 4. The first-order valence-corrected chi connectivity index (χ1v) is 9.11. The first-order chi connectivity index (χ1) is 10.2. The highest BCUT2D eigenvalue weighted by molar-refractivity contribution is 8.00. The van der Waals surface area contributed by atoms with Crippen molar-refractivity contribution >= 4 is 17.7 Å². The summed E-state index contributed by atoms with van der Waals surface area (Å²) in [5.41, 5.74) is 2.45. The van der Waals surface area contributed by atoms with E-state index in [0.29, 0.717) is 0 Å². The first-order valence-electron chi connectivity index (χ1n) is 7.88. The summed E-state index contributed by atoms with van der Waals surface area (Å²) in [6.07, 6.45) is 8.22. The van der Waals surface area contributed by atoms with Gasteiger partial charge in [-0.1, -0.05) is 37.1 Å². The van der Waals surface area contributed by atoms with E-state index in [1.165, 1.54) is 31.2 Å². The van der Waals surface area contributed by atoms with Crippen LogP contribution in [0.2, 0.25) is 0 Å². The highest BCUT2D eigenvalue weighted by Gasteiger charge is 2.34. The molecule has 1 fully saturated rings. The summed E-state index contributed by atoms with van der Waals surface area (Å²) in [4.78, 5) is 12.6. The molecule has 0 radical (unpaired) electrons. The van der Waals surface area contributed by atoms with E-state index in [1.54, 1.807) is 0 Å². The maximum Gasteiger partial charge on any atom is 0.241 e. The Hall–Kier alpha value is -1.00. The van der Waals surface area contributed by atoms with Crippen LogP contribution in [0.15, 0.2) is 24.3 Å². The largest absolute Gasteiger partial charge is 0.353 e. The van der Waals surface area contributed by atoms with Crippen molar-refractivity contribution < 1.29 is 4.79 Å². The highest BCUT2D eigenvalue weighted by atomic mass is 32.2. The zero-order valence-corrected chi connectivity index (χ0v) is 13.5. The van der Waals surface area contributed by atoms with Crippen LogP contribution >= 0.6 is 11.8 Å². The molecule has 0 bridgehead atoms. The van der Waals surface area contributed by atoms with Crippen molar-refractivity contribution in [1.82, 2.24) is 10.6 Å². The predicted octanol–water partition coefficient (Wildman–Crippen LogP) is 2.67. The van der Waals surface area contributed by atoms with Gasteiger partial charge < -0.3 is 10.6 Å². The lowest BCUT2D eigenvalue weighted by molar-refractivity contribution is -0.123. The molecule has 1 atom stereocenters. The number of hydrogen-bond acceptors (Lipinski definition) is 3. The van der Waals surface area contributed by atoms with Gasteiger partial charge in [0.1, 0.15) is 6.04 Å². The lowest BCUT2D eigenvalue weighted by Crippen LogP contribution is -2.45. The molecular formula is C17H24N2OS. The van der Waals surface area contributed by atoms with Gasteiger partial charge in [0.05, 0.1) is 0 Å². The maximum absolute atomic E-state index is 12.6. The number of nitrogens with one attached hydrogen (secondary N) is 2. The predicted molar refractivity (Wildman–Crippen MR) is 88.6 cm³/mol. The third-order valence-electron chi connectivity index (χ3n) is 4.90. The van der Waals surface area contributed by atoms with Crippen molar-refractivity contribution in [2.75, 3.05) is 19.3 Å².